The van der Waals surface area contributed by atoms with Gasteiger partial charge in [0, 0.05) is 5.92 Å². The Balaban J connectivity index is 1.36. The number of amides is 2. The first-order chi connectivity index (χ1) is 16.3. The molecule has 3 N–H and O–H groups in total. The number of ether oxygens (including phenoxy) is 1. The van der Waals surface area contributed by atoms with E-state index in [-0.39, 0.29) is 30.7 Å². The lowest BCUT2D eigenvalue weighted by Gasteiger charge is -2.22. The topological polar surface area (TPSA) is 118 Å². The first kappa shape index (κ1) is 23.1. The highest BCUT2D eigenvalue weighted by molar-refractivity contribution is 5.86. The number of hydrogen-bond donors (Lipinski definition) is 3. The molecule has 0 radical (unpaired) electrons. The Kier molecular flexibility index (Phi) is 6.67. The number of nitrogens with one attached hydrogen (secondary N) is 2. The number of hydrogen-bond acceptors (Lipinski definition) is 5. The highest BCUT2D eigenvalue weighted by Crippen LogP contribution is 2.44. The summed E-state index contributed by atoms with van der Waals surface area (Å²) in [5.41, 5.74) is 4.48. The Hall–Kier alpha value is -4.07. The maximum Gasteiger partial charge on any atom is 0.407 e. The van der Waals surface area contributed by atoms with Crippen molar-refractivity contribution in [2.75, 3.05) is 6.61 Å². The molecule has 4 rings (SSSR count). The van der Waals surface area contributed by atoms with E-state index < -0.39 is 24.0 Å². The van der Waals surface area contributed by atoms with Crippen LogP contribution in [0.15, 0.2) is 65.1 Å². The summed E-state index contributed by atoms with van der Waals surface area (Å²) in [5, 5.41) is 14.2. The molecule has 34 heavy (non-hydrogen) atoms. The summed E-state index contributed by atoms with van der Waals surface area (Å²) in [5.74, 6) is -1.79. The fourth-order valence-electron chi connectivity index (χ4n) is 4.17. The van der Waals surface area contributed by atoms with Gasteiger partial charge in [0.2, 0.25) is 11.7 Å². The number of carboxylic acid groups (broad SMARTS) is 1. The smallest absolute Gasteiger partial charge is 0.407 e. The lowest BCUT2D eigenvalue weighted by atomic mass is 9.98. The number of furan rings is 1. The normalized spacial score (nSPS) is 13.1. The highest BCUT2D eigenvalue weighted by Gasteiger charge is 2.30. The summed E-state index contributed by atoms with van der Waals surface area (Å²) in [6, 6.07) is 18.1. The third-order valence-corrected chi connectivity index (χ3v) is 5.88. The molecule has 0 unspecified atom stereocenters. The maximum atomic E-state index is 12.7. The lowest BCUT2D eigenvalue weighted by molar-refractivity contribution is -0.124. The molecule has 0 spiro atoms. The molecule has 3 aromatic rings. The van der Waals surface area contributed by atoms with Crippen molar-refractivity contribution in [3.8, 4) is 11.1 Å². The number of rotatable bonds is 8. The molecule has 2 amide bonds. The Morgan fingerprint density at radius 3 is 2.15 bits per heavy atom. The Labute approximate surface area is 196 Å². The molecule has 1 heterocycles. The van der Waals surface area contributed by atoms with Gasteiger partial charge in [0.25, 0.3) is 0 Å². The summed E-state index contributed by atoms with van der Waals surface area (Å²) in [7, 11) is 0. The first-order valence-corrected chi connectivity index (χ1v) is 11.1. The maximum absolute atomic E-state index is 12.7. The van der Waals surface area contributed by atoms with E-state index in [1.165, 1.54) is 12.1 Å². The molecular weight excluding hydrogens is 436 g/mol. The third-order valence-electron chi connectivity index (χ3n) is 5.88. The van der Waals surface area contributed by atoms with Crippen molar-refractivity contribution in [1.82, 2.24) is 10.6 Å². The molecule has 1 aromatic heterocycles. The summed E-state index contributed by atoms with van der Waals surface area (Å²) < 4.78 is 10.7. The average molecular weight is 463 g/mol. The minimum Gasteiger partial charge on any atom is -0.475 e. The van der Waals surface area contributed by atoms with E-state index in [1.807, 2.05) is 50.2 Å². The fraction of sp³-hybridized carbons (Fsp3) is 0.269. The lowest BCUT2D eigenvalue weighted by Crippen LogP contribution is -2.49. The molecule has 0 saturated heterocycles. The molecule has 176 valence electrons. The summed E-state index contributed by atoms with van der Waals surface area (Å²) in [6.45, 7) is 3.77. The minimum absolute atomic E-state index is 0.00169. The first-order valence-electron chi connectivity index (χ1n) is 11.1. The molecule has 1 aliphatic carbocycles. The van der Waals surface area contributed by atoms with Crippen molar-refractivity contribution in [3.63, 3.8) is 0 Å². The fourth-order valence-corrected chi connectivity index (χ4v) is 4.17. The largest absolute Gasteiger partial charge is 0.475 e. The zero-order valence-corrected chi connectivity index (χ0v) is 18.9. The van der Waals surface area contributed by atoms with E-state index in [9.17, 15) is 14.4 Å². The molecule has 0 bridgehead atoms. The van der Waals surface area contributed by atoms with Crippen LogP contribution in [0.3, 0.4) is 0 Å². The van der Waals surface area contributed by atoms with Crippen molar-refractivity contribution in [2.45, 2.75) is 32.4 Å². The zero-order valence-electron chi connectivity index (χ0n) is 18.9. The Morgan fingerprint density at radius 1 is 0.971 bits per heavy atom. The zero-order chi connectivity index (χ0) is 24.2. The van der Waals surface area contributed by atoms with Crippen LogP contribution in [0.2, 0.25) is 0 Å². The molecule has 0 aliphatic heterocycles. The van der Waals surface area contributed by atoms with Crippen LogP contribution in [0.5, 0.6) is 0 Å². The number of fused-ring (bicyclic) bond motifs is 3. The molecule has 0 fully saturated rings. The number of carbonyl (C=O) groups is 3. The van der Waals surface area contributed by atoms with Crippen LogP contribution < -0.4 is 10.6 Å². The van der Waals surface area contributed by atoms with Gasteiger partial charge >= 0.3 is 12.1 Å². The molecular formula is C26H26N2O6. The van der Waals surface area contributed by atoms with E-state index in [2.05, 4.69) is 22.8 Å². The van der Waals surface area contributed by atoms with Gasteiger partial charge in [-0.3, -0.25) is 4.79 Å². The van der Waals surface area contributed by atoms with Crippen LogP contribution in [0.25, 0.3) is 11.1 Å². The number of alkyl carbamates (subject to hydrolysis) is 1. The van der Waals surface area contributed by atoms with Crippen molar-refractivity contribution in [1.29, 1.82) is 0 Å². The molecule has 0 saturated carbocycles. The van der Waals surface area contributed by atoms with Gasteiger partial charge in [0.05, 0.1) is 6.54 Å². The van der Waals surface area contributed by atoms with Gasteiger partial charge in [-0.25, -0.2) is 9.59 Å². The third kappa shape index (κ3) is 4.80. The Morgan fingerprint density at radius 2 is 1.59 bits per heavy atom. The van der Waals surface area contributed by atoms with E-state index >= 15 is 0 Å². The Bertz CT molecular complexity index is 1170. The summed E-state index contributed by atoms with van der Waals surface area (Å²) in [4.78, 5) is 36.2. The van der Waals surface area contributed by atoms with Crippen LogP contribution in [0, 0.1) is 5.92 Å². The predicted octanol–water partition coefficient (Wildman–Crippen LogP) is 4.16. The van der Waals surface area contributed by atoms with Gasteiger partial charge < -0.3 is 24.9 Å². The number of carbonyl (C=O) groups excluding carboxylic acids is 2. The predicted molar refractivity (Wildman–Crippen MR) is 124 cm³/mol. The monoisotopic (exact) mass is 462 g/mol. The molecule has 1 atom stereocenters. The molecule has 1 aliphatic rings. The van der Waals surface area contributed by atoms with Crippen molar-refractivity contribution in [3.05, 3.63) is 83.3 Å². The van der Waals surface area contributed by atoms with Gasteiger partial charge in [-0.05, 0) is 40.3 Å². The second kappa shape index (κ2) is 9.82. The standard InChI is InChI=1S/C26H26N2O6/c1-15(2)23(24(29)27-13-16-11-12-22(34-16)25(30)31)28-26(32)33-14-21-19-9-5-3-7-17(19)18-8-4-6-10-20(18)21/h3-12,15,21,23H,13-14H2,1-2H3,(H,27,29)(H,28,32)(H,30,31)/t23-/m1/s1. The van der Waals surface area contributed by atoms with Crippen molar-refractivity contribution >= 4 is 18.0 Å². The number of carboxylic acids is 1. The molecule has 2 aromatic carbocycles. The second-order valence-electron chi connectivity index (χ2n) is 8.48. The SMILES string of the molecule is CC(C)[C@@H](NC(=O)OCC1c2ccccc2-c2ccccc21)C(=O)NCc1ccc(C(=O)O)o1. The van der Waals surface area contributed by atoms with Gasteiger partial charge in [-0.1, -0.05) is 62.4 Å². The molecule has 8 nitrogen and oxygen atoms in total. The number of aromatic carboxylic acids is 1. The summed E-state index contributed by atoms with van der Waals surface area (Å²) in [6.07, 6.45) is -0.679. The van der Waals surface area contributed by atoms with E-state index in [0.717, 1.165) is 22.3 Å². The van der Waals surface area contributed by atoms with Gasteiger partial charge in [0.15, 0.2) is 0 Å². The van der Waals surface area contributed by atoms with Crippen LogP contribution in [0.4, 0.5) is 4.79 Å². The summed E-state index contributed by atoms with van der Waals surface area (Å²) >= 11 is 0. The van der Waals surface area contributed by atoms with Crippen LogP contribution >= 0.6 is 0 Å². The van der Waals surface area contributed by atoms with E-state index in [0.29, 0.717) is 5.76 Å². The quantitative estimate of drug-likeness (QED) is 0.463. The minimum atomic E-state index is -1.19. The van der Waals surface area contributed by atoms with E-state index in [4.69, 9.17) is 14.3 Å². The van der Waals surface area contributed by atoms with E-state index in [1.54, 1.807) is 0 Å². The average Bonchev–Trinajstić information content (AvgIpc) is 3.43. The van der Waals surface area contributed by atoms with Gasteiger partial charge in [-0.2, -0.15) is 0 Å². The van der Waals surface area contributed by atoms with Crippen LogP contribution in [-0.4, -0.2) is 35.7 Å². The van der Waals surface area contributed by atoms with Crippen molar-refractivity contribution in [2.24, 2.45) is 5.92 Å². The van der Waals surface area contributed by atoms with Gasteiger partial charge in [-0.15, -0.1) is 0 Å². The van der Waals surface area contributed by atoms with Gasteiger partial charge in [0.1, 0.15) is 18.4 Å². The second-order valence-corrected chi connectivity index (χ2v) is 8.48. The van der Waals surface area contributed by atoms with Crippen molar-refractivity contribution < 1.29 is 28.6 Å². The van der Waals surface area contributed by atoms with Crippen LogP contribution in [0.1, 0.15) is 47.2 Å². The highest BCUT2D eigenvalue weighted by atomic mass is 16.5. The molecule has 8 heteroatoms. The number of benzene rings is 2. The van der Waals surface area contributed by atoms with Crippen LogP contribution in [-0.2, 0) is 16.1 Å².